The van der Waals surface area contributed by atoms with Gasteiger partial charge in [-0.3, -0.25) is 4.57 Å². The van der Waals surface area contributed by atoms with Crippen molar-refractivity contribution in [1.82, 2.24) is 19.4 Å². The van der Waals surface area contributed by atoms with Gasteiger partial charge in [-0.15, -0.1) is 0 Å². The molecule has 2 aromatic heterocycles. The summed E-state index contributed by atoms with van der Waals surface area (Å²) in [6, 6.07) is 13.1. The second kappa shape index (κ2) is 9.32. The van der Waals surface area contributed by atoms with E-state index in [1.54, 1.807) is 29.1 Å². The maximum absolute atomic E-state index is 12.3. The summed E-state index contributed by atoms with van der Waals surface area (Å²) in [5.74, 6) is 0.794. The lowest BCUT2D eigenvalue weighted by Crippen LogP contribution is -2.15. The third kappa shape index (κ3) is 4.95. The molecule has 0 saturated carbocycles. The van der Waals surface area contributed by atoms with Gasteiger partial charge in [0.15, 0.2) is 17.2 Å². The monoisotopic (exact) mass is 438 g/mol. The van der Waals surface area contributed by atoms with Crippen molar-refractivity contribution < 1.29 is 9.15 Å². The van der Waals surface area contributed by atoms with E-state index in [9.17, 15) is 4.79 Å². The van der Waals surface area contributed by atoms with Gasteiger partial charge in [0.05, 0.1) is 36.1 Å². The molecule has 160 valence electrons. The van der Waals surface area contributed by atoms with E-state index in [0.29, 0.717) is 40.8 Å². The van der Waals surface area contributed by atoms with Crippen LogP contribution in [-0.2, 0) is 6.54 Å². The molecule has 2 aromatic carbocycles. The van der Waals surface area contributed by atoms with Crippen LogP contribution in [0.5, 0.6) is 5.75 Å². The fourth-order valence-corrected chi connectivity index (χ4v) is 3.51. The Hall–Kier alpha value is -3.16. The highest BCUT2D eigenvalue weighted by Gasteiger charge is 2.13. The first-order chi connectivity index (χ1) is 15.0. The van der Waals surface area contributed by atoms with Crippen LogP contribution in [0.3, 0.4) is 0 Å². The maximum Gasteiger partial charge on any atom is 0.420 e. The van der Waals surface area contributed by atoms with Crippen molar-refractivity contribution in [2.45, 2.75) is 13.0 Å². The van der Waals surface area contributed by atoms with Crippen molar-refractivity contribution in [3.63, 3.8) is 0 Å². The van der Waals surface area contributed by atoms with E-state index < -0.39 is 5.76 Å². The molecule has 4 rings (SSSR count). The highest BCUT2D eigenvalue weighted by Crippen LogP contribution is 2.24. The summed E-state index contributed by atoms with van der Waals surface area (Å²) in [6.07, 6.45) is 4.30. The van der Waals surface area contributed by atoms with Gasteiger partial charge in [0, 0.05) is 12.1 Å². The van der Waals surface area contributed by atoms with Crippen LogP contribution in [0.1, 0.15) is 12.0 Å². The molecule has 0 atom stereocenters. The van der Waals surface area contributed by atoms with Crippen molar-refractivity contribution in [1.29, 1.82) is 0 Å². The molecule has 0 N–H and O–H groups in total. The summed E-state index contributed by atoms with van der Waals surface area (Å²) >= 11 is 6.14. The van der Waals surface area contributed by atoms with E-state index in [1.807, 2.05) is 44.4 Å². The first-order valence-corrected chi connectivity index (χ1v) is 10.4. The minimum atomic E-state index is -0.444. The van der Waals surface area contributed by atoms with Crippen LogP contribution in [0.4, 0.5) is 0 Å². The zero-order chi connectivity index (χ0) is 21.8. The lowest BCUT2D eigenvalue weighted by atomic mass is 10.1. The molecule has 0 aliphatic rings. The largest absolute Gasteiger partial charge is 0.490 e. The highest BCUT2D eigenvalue weighted by molar-refractivity contribution is 6.34. The molecule has 0 unspecified atom stereocenters. The normalized spacial score (nSPS) is 11.4. The minimum absolute atomic E-state index is 0.354. The molecule has 31 heavy (non-hydrogen) atoms. The minimum Gasteiger partial charge on any atom is -0.490 e. The number of nitrogens with zero attached hydrogens (tertiary/aromatic N) is 4. The molecule has 8 heteroatoms. The maximum atomic E-state index is 12.3. The highest BCUT2D eigenvalue weighted by atomic mass is 35.5. The zero-order valence-corrected chi connectivity index (χ0v) is 18.2. The Balaban J connectivity index is 1.50. The number of rotatable bonds is 8. The van der Waals surface area contributed by atoms with Crippen molar-refractivity contribution in [3.8, 4) is 17.1 Å². The van der Waals surface area contributed by atoms with Crippen LogP contribution in [0.25, 0.3) is 22.5 Å². The van der Waals surface area contributed by atoms with Crippen molar-refractivity contribution in [3.05, 3.63) is 76.0 Å². The number of para-hydroxylation sites is 1. The van der Waals surface area contributed by atoms with E-state index in [1.165, 1.54) is 0 Å². The predicted molar refractivity (Wildman–Crippen MR) is 121 cm³/mol. The molecule has 0 fully saturated rings. The number of aromatic nitrogens is 3. The summed E-state index contributed by atoms with van der Waals surface area (Å²) < 4.78 is 12.6. The third-order valence-electron chi connectivity index (χ3n) is 4.82. The fraction of sp³-hybridized carbons (Fsp3) is 0.261. The van der Waals surface area contributed by atoms with E-state index in [4.69, 9.17) is 20.8 Å². The Morgan fingerprint density at radius 1 is 1.13 bits per heavy atom. The van der Waals surface area contributed by atoms with Crippen molar-refractivity contribution in [2.75, 3.05) is 27.2 Å². The molecule has 0 aliphatic carbocycles. The van der Waals surface area contributed by atoms with Gasteiger partial charge in [0.25, 0.3) is 0 Å². The number of oxazole rings is 1. The number of benzene rings is 2. The van der Waals surface area contributed by atoms with Gasteiger partial charge >= 0.3 is 5.76 Å². The summed E-state index contributed by atoms with van der Waals surface area (Å²) in [6.45, 7) is 1.94. The molecular weight excluding hydrogens is 416 g/mol. The quantitative estimate of drug-likeness (QED) is 0.386. The molecule has 0 aliphatic heterocycles. The summed E-state index contributed by atoms with van der Waals surface area (Å²) in [5.41, 5.74) is 2.84. The summed E-state index contributed by atoms with van der Waals surface area (Å²) in [5, 5.41) is 0.416. The number of halogens is 1. The molecule has 0 radical (unpaired) electrons. The Morgan fingerprint density at radius 2 is 1.90 bits per heavy atom. The molecular formula is C23H23ClN4O3. The molecule has 7 nitrogen and oxygen atoms in total. The first-order valence-electron chi connectivity index (χ1n) is 9.98. The number of hydrogen-bond donors (Lipinski definition) is 0. The molecule has 2 heterocycles. The predicted octanol–water partition coefficient (Wildman–Crippen LogP) is 4.08. The number of fused-ring (bicyclic) bond motifs is 1. The lowest BCUT2D eigenvalue weighted by Gasteiger charge is -2.10. The summed E-state index contributed by atoms with van der Waals surface area (Å²) in [7, 11) is 4.07. The van der Waals surface area contributed by atoms with Crippen LogP contribution in [0.15, 0.2) is 64.1 Å². The van der Waals surface area contributed by atoms with E-state index >= 15 is 0 Å². The van der Waals surface area contributed by atoms with Crippen LogP contribution >= 0.6 is 11.6 Å². The van der Waals surface area contributed by atoms with Gasteiger partial charge in [0.1, 0.15) is 0 Å². The van der Waals surface area contributed by atoms with Gasteiger partial charge in [0.2, 0.25) is 0 Å². The zero-order valence-electron chi connectivity index (χ0n) is 17.4. The lowest BCUT2D eigenvalue weighted by molar-refractivity contribution is 0.280. The molecule has 0 saturated heterocycles. The van der Waals surface area contributed by atoms with Gasteiger partial charge in [-0.05, 0) is 44.3 Å². The van der Waals surface area contributed by atoms with Crippen LogP contribution < -0.4 is 10.5 Å². The smallest absolute Gasteiger partial charge is 0.420 e. The Labute approximate surface area is 184 Å². The number of ether oxygens (including phenoxy) is 1. The molecule has 0 spiro atoms. The van der Waals surface area contributed by atoms with E-state index in [0.717, 1.165) is 24.1 Å². The van der Waals surface area contributed by atoms with Crippen LogP contribution in [0.2, 0.25) is 5.02 Å². The van der Waals surface area contributed by atoms with Crippen molar-refractivity contribution >= 4 is 22.7 Å². The Bertz CT molecular complexity index is 1230. The summed E-state index contributed by atoms with van der Waals surface area (Å²) in [4.78, 5) is 23.3. The second-order valence-corrected chi connectivity index (χ2v) is 7.90. The third-order valence-corrected chi connectivity index (χ3v) is 5.12. The first kappa shape index (κ1) is 21.1. The fourth-order valence-electron chi connectivity index (χ4n) is 3.30. The Kier molecular flexibility index (Phi) is 6.34. The standard InChI is InChI=1S/C23H23ClN4O3/c1-27(2)10-5-11-30-18-13-25-22(26-14-18)17-7-3-6-16(12-17)15-28-20-9-4-8-19(24)21(20)31-23(28)29/h3-4,6-9,12-14H,5,10-11,15H2,1-2H3. The topological polar surface area (TPSA) is 73.4 Å². The SMILES string of the molecule is CN(C)CCCOc1cnc(-c2cccc(Cn3c(=O)oc4c(Cl)cccc43)c2)nc1. The van der Waals surface area contributed by atoms with Crippen molar-refractivity contribution in [2.24, 2.45) is 0 Å². The van der Waals surface area contributed by atoms with Crippen LogP contribution in [-0.4, -0.2) is 46.7 Å². The van der Waals surface area contributed by atoms with Gasteiger partial charge in [-0.1, -0.05) is 35.9 Å². The molecule has 4 aromatic rings. The van der Waals surface area contributed by atoms with E-state index in [2.05, 4.69) is 14.9 Å². The second-order valence-electron chi connectivity index (χ2n) is 7.49. The average molecular weight is 439 g/mol. The Morgan fingerprint density at radius 3 is 2.68 bits per heavy atom. The molecule has 0 amide bonds. The van der Waals surface area contributed by atoms with E-state index in [-0.39, 0.29) is 0 Å². The van der Waals surface area contributed by atoms with Crippen LogP contribution in [0, 0.1) is 0 Å². The number of hydrogen-bond acceptors (Lipinski definition) is 6. The molecule has 0 bridgehead atoms. The average Bonchev–Trinajstić information content (AvgIpc) is 3.08. The van der Waals surface area contributed by atoms with Gasteiger partial charge in [-0.25, -0.2) is 14.8 Å². The van der Waals surface area contributed by atoms with Gasteiger partial charge in [-0.2, -0.15) is 0 Å². The van der Waals surface area contributed by atoms with Gasteiger partial charge < -0.3 is 14.1 Å².